The molecule has 7 rings (SSSR count). The van der Waals surface area contributed by atoms with Gasteiger partial charge in [-0.1, -0.05) is 51.1 Å². The molecule has 1 aromatic rings. The summed E-state index contributed by atoms with van der Waals surface area (Å²) in [6.45, 7) is 6.56. The third-order valence-corrected chi connectivity index (χ3v) is 10.9. The summed E-state index contributed by atoms with van der Waals surface area (Å²) in [6, 6.07) is 8.74. The van der Waals surface area contributed by atoms with Crippen molar-refractivity contribution >= 4 is 17.9 Å². The molecular formula is C31H36F3NO9. The Bertz CT molecular complexity index is 1420. The number of cyclic esters (lactones) is 1. The Labute approximate surface area is 251 Å². The fraction of sp³-hybridized carbons (Fsp3) is 0.645. The molecular weight excluding hydrogens is 587 g/mol. The van der Waals surface area contributed by atoms with Crippen LogP contribution in [0.4, 0.5) is 13.2 Å². The Balaban J connectivity index is 0.000000441. The summed E-state index contributed by atoms with van der Waals surface area (Å²) in [5.74, 6) is -3.45. The number of hydrogen-bond acceptors (Lipinski definition) is 9. The van der Waals surface area contributed by atoms with Crippen LogP contribution in [-0.2, 0) is 39.8 Å². The highest BCUT2D eigenvalue weighted by Crippen LogP contribution is 2.78. The lowest BCUT2D eigenvalue weighted by Crippen LogP contribution is -2.74. The van der Waals surface area contributed by atoms with Gasteiger partial charge in [0.2, 0.25) is 0 Å². The van der Waals surface area contributed by atoms with Gasteiger partial charge in [0, 0.05) is 11.0 Å². The fourth-order valence-electron chi connectivity index (χ4n) is 8.70. The Morgan fingerprint density at radius 2 is 1.80 bits per heavy atom. The Morgan fingerprint density at radius 3 is 2.41 bits per heavy atom. The van der Waals surface area contributed by atoms with Crippen molar-refractivity contribution in [3.05, 3.63) is 47.0 Å². The topological polar surface area (TPSA) is 161 Å². The predicted octanol–water partition coefficient (Wildman–Crippen LogP) is 2.84. The van der Waals surface area contributed by atoms with Crippen molar-refractivity contribution < 1.29 is 56.7 Å². The van der Waals surface area contributed by atoms with Crippen molar-refractivity contribution in [1.29, 1.82) is 0 Å². The molecule has 0 radical (unpaired) electrons. The maximum atomic E-state index is 13.4. The molecule has 3 heterocycles. The number of carboxylic acid groups (broad SMARTS) is 1. The minimum atomic E-state index is -5.08. The van der Waals surface area contributed by atoms with E-state index < -0.39 is 52.5 Å². The number of benzene rings is 1. The van der Waals surface area contributed by atoms with Gasteiger partial charge in [-0.05, 0) is 55.1 Å². The van der Waals surface area contributed by atoms with Gasteiger partial charge in [0.15, 0.2) is 6.10 Å². The van der Waals surface area contributed by atoms with Crippen LogP contribution in [0.2, 0.25) is 0 Å². The second kappa shape index (κ2) is 10.0. The van der Waals surface area contributed by atoms with Crippen molar-refractivity contribution in [2.45, 2.75) is 100 Å². The lowest BCUT2D eigenvalue weighted by molar-refractivity contribution is -0.231. The molecule has 9 atom stereocenters. The van der Waals surface area contributed by atoms with E-state index in [1.54, 1.807) is 0 Å². The largest absolute Gasteiger partial charge is 0.490 e. The Kier molecular flexibility index (Phi) is 7.05. The minimum Gasteiger partial charge on any atom is -0.475 e. The van der Waals surface area contributed by atoms with Crippen molar-refractivity contribution in [2.24, 2.45) is 23.0 Å². The van der Waals surface area contributed by atoms with Gasteiger partial charge in [0.1, 0.15) is 41.7 Å². The van der Waals surface area contributed by atoms with Crippen LogP contribution in [0.3, 0.4) is 0 Å². The molecule has 1 spiro atoms. The third-order valence-electron chi connectivity index (χ3n) is 10.9. The van der Waals surface area contributed by atoms with E-state index in [1.165, 1.54) is 0 Å². The fourth-order valence-corrected chi connectivity index (χ4v) is 8.70. The van der Waals surface area contributed by atoms with Crippen molar-refractivity contribution in [1.82, 2.24) is 0 Å². The molecule has 44 heavy (non-hydrogen) atoms. The number of alkyl halides is 3. The number of rotatable bonds is 5. The van der Waals surface area contributed by atoms with E-state index in [1.807, 2.05) is 44.2 Å². The predicted molar refractivity (Wildman–Crippen MR) is 145 cm³/mol. The first-order valence-corrected chi connectivity index (χ1v) is 14.8. The number of aliphatic hydroxyl groups is 1. The van der Waals surface area contributed by atoms with E-state index in [0.29, 0.717) is 38.7 Å². The zero-order chi connectivity index (χ0) is 32.0. The van der Waals surface area contributed by atoms with Crippen LogP contribution < -0.4 is 5.73 Å². The lowest BCUT2D eigenvalue weighted by Gasteiger charge is -2.59. The number of carbonyl (C=O) groups is 3. The number of esters is 2. The van der Waals surface area contributed by atoms with Gasteiger partial charge in [0.05, 0.1) is 0 Å². The molecule has 4 N–H and O–H groups in total. The molecule has 2 saturated carbocycles. The summed E-state index contributed by atoms with van der Waals surface area (Å²) in [7, 11) is 0. The van der Waals surface area contributed by atoms with Crippen LogP contribution in [0.15, 0.2) is 41.5 Å². The number of carboxylic acids is 1. The Morgan fingerprint density at radius 1 is 1.14 bits per heavy atom. The highest BCUT2D eigenvalue weighted by Gasteiger charge is 2.94. The number of halogens is 3. The maximum absolute atomic E-state index is 13.4. The maximum Gasteiger partial charge on any atom is 0.490 e. The zero-order valence-corrected chi connectivity index (χ0v) is 24.6. The summed E-state index contributed by atoms with van der Waals surface area (Å²) >= 11 is 0. The zero-order valence-electron chi connectivity index (χ0n) is 24.6. The van der Waals surface area contributed by atoms with Crippen molar-refractivity contribution in [2.75, 3.05) is 6.61 Å². The van der Waals surface area contributed by atoms with E-state index in [9.17, 15) is 27.9 Å². The highest BCUT2D eigenvalue weighted by atomic mass is 19.4. The highest BCUT2D eigenvalue weighted by molar-refractivity contribution is 5.92. The molecule has 10 nitrogen and oxygen atoms in total. The van der Waals surface area contributed by atoms with Gasteiger partial charge in [0.25, 0.3) is 0 Å². The molecule has 3 aliphatic carbocycles. The first-order valence-electron chi connectivity index (χ1n) is 14.8. The summed E-state index contributed by atoms with van der Waals surface area (Å²) in [5, 5.41) is 19.8. The van der Waals surface area contributed by atoms with Gasteiger partial charge < -0.3 is 34.9 Å². The van der Waals surface area contributed by atoms with Gasteiger partial charge in [-0.25, -0.2) is 9.59 Å². The molecule has 1 aromatic carbocycles. The first kappa shape index (κ1) is 31.0. The number of aliphatic carboxylic acids is 1. The number of hydrogen-bond donors (Lipinski definition) is 3. The Hall–Kier alpha value is -3.00. The number of carbonyl (C=O) groups excluding carboxylic acids is 2. The van der Waals surface area contributed by atoms with E-state index in [4.69, 9.17) is 34.6 Å². The van der Waals surface area contributed by atoms with Crippen LogP contribution in [0.5, 0.6) is 0 Å². The summed E-state index contributed by atoms with van der Waals surface area (Å²) in [4.78, 5) is 34.6. The number of epoxide rings is 2. The van der Waals surface area contributed by atoms with Gasteiger partial charge in [-0.2, -0.15) is 13.2 Å². The van der Waals surface area contributed by atoms with Crippen LogP contribution in [0.25, 0.3) is 0 Å². The molecule has 0 bridgehead atoms. The average Bonchev–Trinajstić information content (AvgIpc) is 3.85. The molecule has 0 unspecified atom stereocenters. The molecule has 4 fully saturated rings. The molecule has 240 valence electrons. The van der Waals surface area contributed by atoms with Crippen LogP contribution in [0.1, 0.15) is 52.0 Å². The van der Waals surface area contributed by atoms with E-state index in [0.717, 1.165) is 16.7 Å². The first-order chi connectivity index (χ1) is 20.5. The number of nitrogens with two attached hydrogens (primary N) is 1. The molecule has 0 aromatic heterocycles. The molecule has 6 aliphatic rings. The van der Waals surface area contributed by atoms with Gasteiger partial charge in [-0.3, -0.25) is 4.79 Å². The average molecular weight is 624 g/mol. The van der Waals surface area contributed by atoms with Gasteiger partial charge in [-0.15, -0.1) is 0 Å². The smallest absolute Gasteiger partial charge is 0.475 e. The normalized spacial score (nSPS) is 40.2. The molecule has 0 amide bonds. The minimum absolute atomic E-state index is 0.000997. The van der Waals surface area contributed by atoms with E-state index in [-0.39, 0.29) is 30.0 Å². The monoisotopic (exact) mass is 623 g/mol. The van der Waals surface area contributed by atoms with Crippen LogP contribution in [0, 0.1) is 17.3 Å². The van der Waals surface area contributed by atoms with Crippen molar-refractivity contribution in [3.63, 3.8) is 0 Å². The summed E-state index contributed by atoms with van der Waals surface area (Å²) in [5.41, 5.74) is 5.53. The molecule has 3 aliphatic heterocycles. The second-order valence-corrected chi connectivity index (χ2v) is 13.2. The summed E-state index contributed by atoms with van der Waals surface area (Å²) < 4.78 is 56.3. The molecule has 13 heteroatoms. The van der Waals surface area contributed by atoms with E-state index >= 15 is 0 Å². The van der Waals surface area contributed by atoms with Crippen LogP contribution in [-0.4, -0.2) is 82.1 Å². The quantitative estimate of drug-likeness (QED) is 0.329. The van der Waals surface area contributed by atoms with Crippen molar-refractivity contribution in [3.8, 4) is 0 Å². The standard InChI is InChI=1S/C29H35NO7.C2HF3O2/c1-15(2)28-21(36-28)22-29(37-22)26(3)11-9-17-18(14-34-23(17)31)19(26)10-12-27(29,33)25(28)35-24(32)20(30)13-16-7-5-4-6-8-16;3-2(4,5)1(6)7/h4-8,15,19-22,25,33H,9-14,30H2,1-3H3;(H,6,7)/t19-,20-,21-,22-,25-,26-,27+,28-,29+;/m0./s1. The van der Waals surface area contributed by atoms with Gasteiger partial charge >= 0.3 is 24.1 Å². The second-order valence-electron chi connectivity index (χ2n) is 13.2. The number of fused-ring (bicyclic) bond motifs is 4. The SMILES string of the molecule is CC(C)[C@]12O[C@H]1[C@@H]1O[C@@]13[C@@]1(C)CCC4=C(COC4=O)[C@@H]1CC[C@@]3(O)[C@@H]2OC(=O)[C@@H](N)Cc1ccccc1.O=C(O)C(F)(F)F. The van der Waals surface area contributed by atoms with Crippen LogP contribution >= 0.6 is 0 Å². The number of ether oxygens (including phenoxy) is 4. The lowest BCUT2D eigenvalue weighted by atomic mass is 9.45. The molecule has 2 saturated heterocycles. The summed E-state index contributed by atoms with van der Waals surface area (Å²) in [6.07, 6.45) is -3.84. The third kappa shape index (κ3) is 4.19. The van der Waals surface area contributed by atoms with E-state index in [2.05, 4.69) is 6.92 Å².